The summed E-state index contributed by atoms with van der Waals surface area (Å²) in [7, 11) is 2.06. The first-order valence-corrected chi connectivity index (χ1v) is 6.54. The lowest BCUT2D eigenvalue weighted by Gasteiger charge is -2.32. The summed E-state index contributed by atoms with van der Waals surface area (Å²) in [6.45, 7) is 3.26. The molecule has 0 radical (unpaired) electrons. The Labute approximate surface area is 116 Å². The second-order valence-corrected chi connectivity index (χ2v) is 4.84. The summed E-state index contributed by atoms with van der Waals surface area (Å²) in [5.74, 6) is 0.597. The van der Waals surface area contributed by atoms with Crippen LogP contribution >= 0.6 is 0 Å². The Morgan fingerprint density at radius 1 is 1.15 bits per heavy atom. The number of likely N-dealkylation sites (N-methyl/N-ethyl adjacent to an activating group) is 1. The van der Waals surface area contributed by atoms with Crippen molar-refractivity contribution in [3.63, 3.8) is 0 Å². The van der Waals surface area contributed by atoms with Crippen LogP contribution in [0.25, 0.3) is 5.82 Å². The summed E-state index contributed by atoms with van der Waals surface area (Å²) >= 11 is 0. The summed E-state index contributed by atoms with van der Waals surface area (Å²) in [5, 5.41) is 8.09. The van der Waals surface area contributed by atoms with E-state index >= 15 is 0 Å². The van der Waals surface area contributed by atoms with Crippen molar-refractivity contribution in [2.75, 3.05) is 33.2 Å². The van der Waals surface area contributed by atoms with Crippen molar-refractivity contribution in [2.24, 2.45) is 0 Å². The third-order valence-corrected chi connectivity index (χ3v) is 3.43. The Hall–Kier alpha value is -2.28. The zero-order chi connectivity index (χ0) is 13.9. The van der Waals surface area contributed by atoms with Crippen LogP contribution in [0.15, 0.2) is 30.9 Å². The number of nitrogens with zero attached hydrogens (tertiary/aromatic N) is 6. The Balaban J connectivity index is 1.73. The molecule has 0 aromatic carbocycles. The van der Waals surface area contributed by atoms with Crippen molar-refractivity contribution < 1.29 is 4.79 Å². The summed E-state index contributed by atoms with van der Waals surface area (Å²) in [5.41, 5.74) is 0.387. The molecule has 1 aliphatic rings. The average molecular weight is 272 g/mol. The van der Waals surface area contributed by atoms with E-state index < -0.39 is 0 Å². The summed E-state index contributed by atoms with van der Waals surface area (Å²) in [6, 6.07) is 3.49. The highest BCUT2D eigenvalue weighted by Gasteiger charge is 2.21. The van der Waals surface area contributed by atoms with E-state index in [0.29, 0.717) is 11.5 Å². The van der Waals surface area contributed by atoms with Gasteiger partial charge in [-0.2, -0.15) is 0 Å². The second kappa shape index (κ2) is 5.38. The maximum absolute atomic E-state index is 12.3. The number of piperazine rings is 1. The average Bonchev–Trinajstić information content (AvgIpc) is 3.02. The molecular weight excluding hydrogens is 256 g/mol. The van der Waals surface area contributed by atoms with Crippen LogP contribution in [0.5, 0.6) is 0 Å². The van der Waals surface area contributed by atoms with Crippen LogP contribution in [0.3, 0.4) is 0 Å². The summed E-state index contributed by atoms with van der Waals surface area (Å²) in [4.78, 5) is 20.3. The molecule has 1 saturated heterocycles. The topological polar surface area (TPSA) is 67.2 Å². The van der Waals surface area contributed by atoms with Gasteiger partial charge in [-0.1, -0.05) is 0 Å². The van der Waals surface area contributed by atoms with Gasteiger partial charge in [-0.25, -0.2) is 4.98 Å². The van der Waals surface area contributed by atoms with Crippen LogP contribution < -0.4 is 0 Å². The van der Waals surface area contributed by atoms with Gasteiger partial charge in [0.2, 0.25) is 0 Å². The van der Waals surface area contributed by atoms with E-state index in [1.807, 2.05) is 4.90 Å². The molecule has 3 heterocycles. The van der Waals surface area contributed by atoms with E-state index in [1.54, 1.807) is 35.4 Å². The lowest BCUT2D eigenvalue weighted by atomic mass is 10.3. The smallest absolute Gasteiger partial charge is 0.274 e. The van der Waals surface area contributed by atoms with Gasteiger partial charge in [0.1, 0.15) is 6.33 Å². The van der Waals surface area contributed by atoms with Gasteiger partial charge in [-0.3, -0.25) is 9.36 Å². The van der Waals surface area contributed by atoms with Gasteiger partial charge in [0.05, 0.1) is 0 Å². The standard InChI is InChI=1S/C13H16N6O/c1-17-6-8-18(9-7-17)13(20)11-2-3-12(16-15-11)19-5-4-14-10-19/h2-5,10H,6-9H2,1H3. The molecule has 0 atom stereocenters. The monoisotopic (exact) mass is 272 g/mol. The fourth-order valence-corrected chi connectivity index (χ4v) is 2.14. The number of rotatable bonds is 2. The molecular formula is C13H16N6O. The van der Waals surface area contributed by atoms with Crippen molar-refractivity contribution in [1.29, 1.82) is 0 Å². The molecule has 104 valence electrons. The molecule has 0 unspecified atom stereocenters. The predicted molar refractivity (Wildman–Crippen MR) is 72.6 cm³/mol. The van der Waals surface area contributed by atoms with E-state index in [9.17, 15) is 4.79 Å². The van der Waals surface area contributed by atoms with Crippen LogP contribution in [-0.2, 0) is 0 Å². The molecule has 0 bridgehead atoms. The number of hydrogen-bond acceptors (Lipinski definition) is 5. The predicted octanol–water partition coefficient (Wildman–Crippen LogP) is 0.0499. The largest absolute Gasteiger partial charge is 0.335 e. The molecule has 0 spiro atoms. The molecule has 2 aromatic rings. The number of aromatic nitrogens is 4. The minimum atomic E-state index is -0.0530. The lowest BCUT2D eigenvalue weighted by Crippen LogP contribution is -2.47. The van der Waals surface area contributed by atoms with Crippen LogP contribution in [0.1, 0.15) is 10.5 Å². The minimum absolute atomic E-state index is 0.0530. The molecule has 7 nitrogen and oxygen atoms in total. The number of carbonyl (C=O) groups excluding carboxylic acids is 1. The zero-order valence-electron chi connectivity index (χ0n) is 11.3. The van der Waals surface area contributed by atoms with Crippen molar-refractivity contribution in [1.82, 2.24) is 29.5 Å². The van der Waals surface area contributed by atoms with Crippen molar-refractivity contribution in [2.45, 2.75) is 0 Å². The highest BCUT2D eigenvalue weighted by Crippen LogP contribution is 2.07. The number of carbonyl (C=O) groups is 1. The fraction of sp³-hybridized carbons (Fsp3) is 0.385. The molecule has 20 heavy (non-hydrogen) atoms. The van der Waals surface area contributed by atoms with Gasteiger partial charge in [0, 0.05) is 38.6 Å². The maximum atomic E-state index is 12.3. The summed E-state index contributed by atoms with van der Waals surface area (Å²) < 4.78 is 1.75. The van der Waals surface area contributed by atoms with Gasteiger partial charge in [0.15, 0.2) is 11.5 Å². The first-order valence-electron chi connectivity index (χ1n) is 6.54. The lowest BCUT2D eigenvalue weighted by molar-refractivity contribution is 0.0657. The minimum Gasteiger partial charge on any atom is -0.335 e. The Bertz CT molecular complexity index is 571. The first kappa shape index (κ1) is 12.7. The van der Waals surface area contributed by atoms with E-state index in [-0.39, 0.29) is 5.91 Å². The molecule has 1 amide bonds. The quantitative estimate of drug-likeness (QED) is 0.773. The molecule has 0 saturated carbocycles. The molecule has 0 N–H and O–H groups in total. The molecule has 7 heteroatoms. The van der Waals surface area contributed by atoms with Gasteiger partial charge in [0.25, 0.3) is 5.91 Å². The molecule has 1 fully saturated rings. The van der Waals surface area contributed by atoms with Crippen LogP contribution in [0.2, 0.25) is 0 Å². The van der Waals surface area contributed by atoms with Gasteiger partial charge < -0.3 is 9.80 Å². The molecule has 3 rings (SSSR count). The normalized spacial score (nSPS) is 16.4. The van der Waals surface area contributed by atoms with Crippen molar-refractivity contribution in [3.05, 3.63) is 36.5 Å². The van der Waals surface area contributed by atoms with E-state index in [0.717, 1.165) is 26.2 Å². The Morgan fingerprint density at radius 2 is 1.95 bits per heavy atom. The van der Waals surface area contributed by atoms with Crippen LogP contribution in [0.4, 0.5) is 0 Å². The third-order valence-electron chi connectivity index (χ3n) is 3.43. The van der Waals surface area contributed by atoms with Gasteiger partial charge in [-0.15, -0.1) is 10.2 Å². The van der Waals surface area contributed by atoms with E-state index in [2.05, 4.69) is 27.1 Å². The highest BCUT2D eigenvalue weighted by atomic mass is 16.2. The Morgan fingerprint density at radius 3 is 2.55 bits per heavy atom. The van der Waals surface area contributed by atoms with Crippen LogP contribution in [-0.4, -0.2) is 68.7 Å². The number of amides is 1. The molecule has 1 aliphatic heterocycles. The number of imidazole rings is 1. The SMILES string of the molecule is CN1CCN(C(=O)c2ccc(-n3ccnc3)nn2)CC1. The third kappa shape index (κ3) is 2.53. The van der Waals surface area contributed by atoms with Gasteiger partial charge in [-0.05, 0) is 19.2 Å². The Kier molecular flexibility index (Phi) is 3.42. The van der Waals surface area contributed by atoms with Crippen LogP contribution in [0, 0.1) is 0 Å². The van der Waals surface area contributed by atoms with Crippen molar-refractivity contribution in [3.8, 4) is 5.82 Å². The fourth-order valence-electron chi connectivity index (χ4n) is 2.14. The molecule has 0 aliphatic carbocycles. The van der Waals surface area contributed by atoms with E-state index in [1.165, 1.54) is 0 Å². The van der Waals surface area contributed by atoms with Crippen molar-refractivity contribution >= 4 is 5.91 Å². The maximum Gasteiger partial charge on any atom is 0.274 e. The second-order valence-electron chi connectivity index (χ2n) is 4.84. The van der Waals surface area contributed by atoms with Gasteiger partial charge >= 0.3 is 0 Å². The zero-order valence-corrected chi connectivity index (χ0v) is 11.3. The molecule has 2 aromatic heterocycles. The highest BCUT2D eigenvalue weighted by molar-refractivity contribution is 5.92. The summed E-state index contributed by atoms with van der Waals surface area (Å²) in [6.07, 6.45) is 5.10. The number of hydrogen-bond donors (Lipinski definition) is 0. The first-order chi connectivity index (χ1) is 9.74. The van der Waals surface area contributed by atoms with E-state index in [4.69, 9.17) is 0 Å².